The first-order valence-corrected chi connectivity index (χ1v) is 6.23. The van der Waals surface area contributed by atoms with Crippen molar-refractivity contribution in [2.75, 3.05) is 18.5 Å². The molecule has 0 bridgehead atoms. The summed E-state index contributed by atoms with van der Waals surface area (Å²) in [6.07, 6.45) is 1.80. The molecule has 1 amide bonds. The van der Waals surface area contributed by atoms with Gasteiger partial charge < -0.3 is 10.2 Å². The number of carbonyl (C=O) groups excluding carboxylic acids is 1. The van der Waals surface area contributed by atoms with Crippen LogP contribution in [0, 0.1) is 11.3 Å². The summed E-state index contributed by atoms with van der Waals surface area (Å²) in [6.45, 7) is 0.809. The van der Waals surface area contributed by atoms with Gasteiger partial charge in [0.2, 0.25) is 5.91 Å². The molecule has 1 N–H and O–H groups in total. The fourth-order valence-electron chi connectivity index (χ4n) is 2.30. The van der Waals surface area contributed by atoms with E-state index in [0.29, 0.717) is 10.6 Å². The summed E-state index contributed by atoms with van der Waals surface area (Å²) in [5.74, 6) is 0.00734. The van der Waals surface area contributed by atoms with Crippen molar-refractivity contribution in [2.45, 2.75) is 18.9 Å². The summed E-state index contributed by atoms with van der Waals surface area (Å²) in [7, 11) is 1.64. The Morgan fingerprint density at radius 2 is 2.39 bits per heavy atom. The molecule has 18 heavy (non-hydrogen) atoms. The number of benzene rings is 1. The van der Waals surface area contributed by atoms with E-state index in [4.69, 9.17) is 16.9 Å². The quantitative estimate of drug-likeness (QED) is 0.887. The van der Waals surface area contributed by atoms with Crippen LogP contribution in [0.4, 0.5) is 5.69 Å². The maximum atomic E-state index is 11.8. The predicted molar refractivity (Wildman–Crippen MR) is 70.6 cm³/mol. The standard InChI is InChI=1S/C13H14ClN3O/c1-16-13(18)12-3-2-6-17(12)11-5-4-9(8-15)7-10(11)14/h4-5,7,12H,2-3,6H2,1H3,(H,16,18). The lowest BCUT2D eigenvalue weighted by molar-refractivity contribution is -0.121. The number of amides is 1. The van der Waals surface area contributed by atoms with Gasteiger partial charge in [-0.2, -0.15) is 5.26 Å². The average Bonchev–Trinajstić information content (AvgIpc) is 2.86. The van der Waals surface area contributed by atoms with Crippen LogP contribution in [0.15, 0.2) is 18.2 Å². The highest BCUT2D eigenvalue weighted by atomic mass is 35.5. The number of nitriles is 1. The second-order valence-corrected chi connectivity index (χ2v) is 4.65. The van der Waals surface area contributed by atoms with E-state index in [1.807, 2.05) is 17.0 Å². The van der Waals surface area contributed by atoms with Crippen molar-refractivity contribution in [2.24, 2.45) is 0 Å². The molecule has 5 heteroatoms. The van der Waals surface area contributed by atoms with Gasteiger partial charge in [0.25, 0.3) is 0 Å². The summed E-state index contributed by atoms with van der Waals surface area (Å²) in [5.41, 5.74) is 1.35. The second-order valence-electron chi connectivity index (χ2n) is 4.24. The van der Waals surface area contributed by atoms with Crippen LogP contribution in [-0.2, 0) is 4.79 Å². The molecule has 0 spiro atoms. The molecule has 1 aromatic rings. The van der Waals surface area contributed by atoms with Crippen LogP contribution in [0.3, 0.4) is 0 Å². The number of halogens is 1. The van der Waals surface area contributed by atoms with Crippen molar-refractivity contribution < 1.29 is 4.79 Å². The van der Waals surface area contributed by atoms with Crippen molar-refractivity contribution in [3.05, 3.63) is 28.8 Å². The van der Waals surface area contributed by atoms with Gasteiger partial charge in [0.15, 0.2) is 0 Å². The van der Waals surface area contributed by atoms with Gasteiger partial charge in [-0.25, -0.2) is 0 Å². The molecule has 1 aromatic carbocycles. The maximum absolute atomic E-state index is 11.8. The van der Waals surface area contributed by atoms with E-state index in [2.05, 4.69) is 5.32 Å². The Labute approximate surface area is 111 Å². The third-order valence-corrected chi connectivity index (χ3v) is 3.49. The van der Waals surface area contributed by atoms with Gasteiger partial charge in [0.05, 0.1) is 22.3 Å². The van der Waals surface area contributed by atoms with Crippen LogP contribution in [0.5, 0.6) is 0 Å². The molecule has 1 fully saturated rings. The molecule has 0 aromatic heterocycles. The third kappa shape index (κ3) is 2.27. The lowest BCUT2D eigenvalue weighted by Gasteiger charge is -2.26. The highest BCUT2D eigenvalue weighted by Gasteiger charge is 2.31. The van der Waals surface area contributed by atoms with Gasteiger partial charge in [-0.3, -0.25) is 4.79 Å². The Bertz CT molecular complexity index is 509. The second kappa shape index (κ2) is 5.28. The summed E-state index contributed by atoms with van der Waals surface area (Å²) in [6, 6.07) is 7.05. The van der Waals surface area contributed by atoms with Crippen molar-refractivity contribution in [1.29, 1.82) is 5.26 Å². The van der Waals surface area contributed by atoms with Crippen LogP contribution >= 0.6 is 11.6 Å². The van der Waals surface area contributed by atoms with Crippen LogP contribution in [0.25, 0.3) is 0 Å². The molecule has 1 heterocycles. The van der Waals surface area contributed by atoms with E-state index in [1.165, 1.54) is 0 Å². The number of carbonyl (C=O) groups is 1. The Balaban J connectivity index is 2.31. The van der Waals surface area contributed by atoms with E-state index >= 15 is 0 Å². The Morgan fingerprint density at radius 1 is 1.61 bits per heavy atom. The van der Waals surface area contributed by atoms with Gasteiger partial charge in [-0.1, -0.05) is 11.6 Å². The molecule has 1 aliphatic heterocycles. The molecule has 1 atom stereocenters. The number of anilines is 1. The fourth-order valence-corrected chi connectivity index (χ4v) is 2.59. The fraction of sp³-hybridized carbons (Fsp3) is 0.385. The van der Waals surface area contributed by atoms with Crippen LogP contribution in [-0.4, -0.2) is 25.5 Å². The van der Waals surface area contributed by atoms with Gasteiger partial charge >= 0.3 is 0 Å². The highest BCUT2D eigenvalue weighted by molar-refractivity contribution is 6.33. The molecule has 0 aliphatic carbocycles. The van der Waals surface area contributed by atoms with E-state index in [1.54, 1.807) is 19.2 Å². The molecule has 0 radical (unpaired) electrons. The van der Waals surface area contributed by atoms with E-state index in [-0.39, 0.29) is 11.9 Å². The van der Waals surface area contributed by atoms with Gasteiger partial charge in [-0.15, -0.1) is 0 Å². The minimum absolute atomic E-state index is 0.00734. The molecule has 4 nitrogen and oxygen atoms in total. The zero-order valence-corrected chi connectivity index (χ0v) is 10.9. The van der Waals surface area contributed by atoms with Crippen molar-refractivity contribution in [3.63, 3.8) is 0 Å². The Kier molecular flexibility index (Phi) is 3.73. The molecule has 2 rings (SSSR count). The number of likely N-dealkylation sites (N-methyl/N-ethyl adjacent to an activating group) is 1. The third-order valence-electron chi connectivity index (χ3n) is 3.19. The first-order chi connectivity index (χ1) is 8.67. The van der Waals surface area contributed by atoms with Crippen LogP contribution < -0.4 is 10.2 Å². The normalized spacial score (nSPS) is 18.5. The van der Waals surface area contributed by atoms with Crippen LogP contribution in [0.1, 0.15) is 18.4 Å². The van der Waals surface area contributed by atoms with E-state index in [0.717, 1.165) is 25.1 Å². The lowest BCUT2D eigenvalue weighted by atomic mass is 10.1. The van der Waals surface area contributed by atoms with Gasteiger partial charge in [-0.05, 0) is 31.0 Å². The summed E-state index contributed by atoms with van der Waals surface area (Å²) >= 11 is 6.18. The molecule has 94 valence electrons. The zero-order valence-electron chi connectivity index (χ0n) is 10.1. The summed E-state index contributed by atoms with van der Waals surface area (Å²) < 4.78 is 0. The SMILES string of the molecule is CNC(=O)C1CCCN1c1ccc(C#N)cc1Cl. The minimum atomic E-state index is -0.166. The number of hydrogen-bond acceptors (Lipinski definition) is 3. The number of rotatable bonds is 2. The predicted octanol–water partition coefficient (Wildman–Crippen LogP) is 1.93. The summed E-state index contributed by atoms with van der Waals surface area (Å²) in [4.78, 5) is 13.8. The topological polar surface area (TPSA) is 56.1 Å². The van der Waals surface area contributed by atoms with Crippen LogP contribution in [0.2, 0.25) is 5.02 Å². The van der Waals surface area contributed by atoms with Gasteiger partial charge in [0.1, 0.15) is 6.04 Å². The van der Waals surface area contributed by atoms with E-state index < -0.39 is 0 Å². The largest absolute Gasteiger partial charge is 0.358 e. The van der Waals surface area contributed by atoms with E-state index in [9.17, 15) is 4.79 Å². The molecule has 1 aliphatic rings. The Morgan fingerprint density at radius 3 is 3.00 bits per heavy atom. The maximum Gasteiger partial charge on any atom is 0.242 e. The van der Waals surface area contributed by atoms with Crippen molar-refractivity contribution >= 4 is 23.2 Å². The number of nitrogens with one attached hydrogen (secondary N) is 1. The first kappa shape index (κ1) is 12.7. The first-order valence-electron chi connectivity index (χ1n) is 5.85. The zero-order chi connectivity index (χ0) is 13.1. The van der Waals surface area contributed by atoms with Gasteiger partial charge in [0, 0.05) is 13.6 Å². The number of hydrogen-bond donors (Lipinski definition) is 1. The Hall–Kier alpha value is -1.73. The smallest absolute Gasteiger partial charge is 0.242 e. The molecular formula is C13H14ClN3O. The monoisotopic (exact) mass is 263 g/mol. The lowest BCUT2D eigenvalue weighted by Crippen LogP contribution is -2.42. The number of nitrogens with zero attached hydrogens (tertiary/aromatic N) is 2. The molecule has 1 unspecified atom stereocenters. The summed E-state index contributed by atoms with van der Waals surface area (Å²) in [5, 5.41) is 12.0. The minimum Gasteiger partial charge on any atom is -0.358 e. The molecule has 0 saturated carbocycles. The average molecular weight is 264 g/mol. The molecule has 1 saturated heterocycles. The van der Waals surface area contributed by atoms with Crippen molar-refractivity contribution in [3.8, 4) is 6.07 Å². The molecular weight excluding hydrogens is 250 g/mol. The highest BCUT2D eigenvalue weighted by Crippen LogP contribution is 2.32. The van der Waals surface area contributed by atoms with Crippen molar-refractivity contribution in [1.82, 2.24) is 5.32 Å².